The predicted molar refractivity (Wildman–Crippen MR) is 106 cm³/mol. The Morgan fingerprint density at radius 3 is 2.86 bits per heavy atom. The van der Waals surface area contributed by atoms with Crippen LogP contribution in [-0.2, 0) is 34.1 Å². The second-order valence-corrected chi connectivity index (χ2v) is 10.1. The maximum atomic E-state index is 12.1. The van der Waals surface area contributed by atoms with Gasteiger partial charge in [0, 0.05) is 5.41 Å². The Morgan fingerprint density at radius 1 is 1.31 bits per heavy atom. The first kappa shape index (κ1) is 20.8. The molecule has 1 unspecified atom stereocenters. The van der Waals surface area contributed by atoms with Crippen LogP contribution in [0.5, 0.6) is 0 Å². The smallest absolute Gasteiger partial charge is 0.336 e. The molecule has 7 nitrogen and oxygen atoms in total. The van der Waals surface area contributed by atoms with Crippen molar-refractivity contribution < 1.29 is 26.9 Å². The number of cyclic esters (lactones) is 1. The molecule has 7 atom stereocenters. The predicted octanol–water partition coefficient (Wildman–Crippen LogP) is 2.36. The molecule has 0 aromatic carbocycles. The molecule has 1 amide bonds. The fourth-order valence-corrected chi connectivity index (χ4v) is 7.13. The fourth-order valence-electron chi connectivity index (χ4n) is 6.22. The SMILES string of the molecule is C=C1CC[C@@H]2[C@]3(C)COS(=O)O[C@@H]3CC[C@@]2(C)[C@@H]1C/C=C1\C(=O)OC[C@@H]1NC=O. The summed E-state index contributed by atoms with van der Waals surface area (Å²) < 4.78 is 27.9. The number of carbonyl (C=O) groups excluding carboxylic acids is 2. The number of hydrogen-bond acceptors (Lipinski definition) is 6. The second kappa shape index (κ2) is 7.63. The zero-order chi connectivity index (χ0) is 20.8. The Kier molecular flexibility index (Phi) is 5.46. The molecule has 29 heavy (non-hydrogen) atoms. The van der Waals surface area contributed by atoms with Gasteiger partial charge in [-0.2, -0.15) is 4.21 Å². The maximum absolute atomic E-state index is 12.1. The highest BCUT2D eigenvalue weighted by Crippen LogP contribution is 2.63. The minimum atomic E-state index is -1.66. The number of fused-ring (bicyclic) bond motifs is 3. The number of ether oxygens (including phenoxy) is 1. The highest BCUT2D eigenvalue weighted by molar-refractivity contribution is 7.75. The zero-order valence-corrected chi connectivity index (χ0v) is 17.8. The van der Waals surface area contributed by atoms with Crippen LogP contribution in [0.25, 0.3) is 0 Å². The van der Waals surface area contributed by atoms with Crippen molar-refractivity contribution in [2.24, 2.45) is 22.7 Å². The lowest BCUT2D eigenvalue weighted by molar-refractivity contribution is -0.154. The molecule has 0 aromatic rings. The number of carbonyl (C=O) groups is 2. The fraction of sp³-hybridized carbons (Fsp3) is 0.714. The Morgan fingerprint density at radius 2 is 2.10 bits per heavy atom. The number of amides is 1. The van der Waals surface area contributed by atoms with Crippen molar-refractivity contribution in [2.75, 3.05) is 13.2 Å². The molecule has 0 aromatic heterocycles. The summed E-state index contributed by atoms with van der Waals surface area (Å²) in [7, 11) is 0. The van der Waals surface area contributed by atoms with Gasteiger partial charge in [0.25, 0.3) is 0 Å². The van der Waals surface area contributed by atoms with Crippen LogP contribution in [0, 0.1) is 22.7 Å². The summed E-state index contributed by atoms with van der Waals surface area (Å²) >= 11 is -1.66. The molecule has 0 radical (unpaired) electrons. The molecule has 4 fully saturated rings. The number of hydrogen-bond donors (Lipinski definition) is 1. The molecule has 8 heteroatoms. The van der Waals surface area contributed by atoms with Crippen molar-refractivity contribution in [3.8, 4) is 0 Å². The second-order valence-electron chi connectivity index (χ2n) is 9.23. The third-order valence-electron chi connectivity index (χ3n) is 7.81. The van der Waals surface area contributed by atoms with Crippen molar-refractivity contribution in [3.05, 3.63) is 23.8 Å². The Labute approximate surface area is 174 Å². The van der Waals surface area contributed by atoms with Gasteiger partial charge in [0.1, 0.15) is 6.61 Å². The van der Waals surface area contributed by atoms with Crippen molar-refractivity contribution in [3.63, 3.8) is 0 Å². The van der Waals surface area contributed by atoms with Crippen LogP contribution in [0.4, 0.5) is 0 Å². The largest absolute Gasteiger partial charge is 0.460 e. The molecule has 2 aliphatic carbocycles. The van der Waals surface area contributed by atoms with E-state index in [1.807, 2.05) is 6.08 Å². The number of esters is 1. The minimum absolute atomic E-state index is 0.0146. The van der Waals surface area contributed by atoms with Crippen molar-refractivity contribution in [2.45, 2.75) is 58.1 Å². The van der Waals surface area contributed by atoms with Gasteiger partial charge in [-0.1, -0.05) is 32.1 Å². The number of rotatable bonds is 4. The van der Waals surface area contributed by atoms with Gasteiger partial charge < -0.3 is 10.1 Å². The van der Waals surface area contributed by atoms with E-state index in [0.717, 1.165) is 25.7 Å². The molecule has 160 valence electrons. The number of allylic oxidation sites excluding steroid dienone is 2. The van der Waals surface area contributed by atoms with Gasteiger partial charge in [-0.05, 0) is 49.4 Å². The first-order chi connectivity index (χ1) is 13.8. The normalized spacial score (nSPS) is 46.0. The summed E-state index contributed by atoms with van der Waals surface area (Å²) in [4.78, 5) is 23.0. The van der Waals surface area contributed by atoms with Crippen LogP contribution in [-0.4, -0.2) is 41.9 Å². The molecular weight excluding hydrogens is 394 g/mol. The standard InChI is InChI=1S/C21H29NO6S/c1-13-4-7-17-20(2,9-8-18-21(17,3)11-27-29(25)28-18)15(13)6-5-14-16(22-12-23)10-26-19(14)24/h5,12,15-18H,1,4,6-11H2,2-3H3,(H,22,23)/b14-5-/t15-,16+,17+,18-,20+,21+,29?/m1/s1. The van der Waals surface area contributed by atoms with E-state index in [2.05, 4.69) is 25.7 Å². The summed E-state index contributed by atoms with van der Waals surface area (Å²) in [6.45, 7) is 9.48. The minimum Gasteiger partial charge on any atom is -0.460 e. The highest BCUT2D eigenvalue weighted by atomic mass is 32.2. The topological polar surface area (TPSA) is 90.9 Å². The van der Waals surface area contributed by atoms with E-state index in [-0.39, 0.29) is 41.5 Å². The van der Waals surface area contributed by atoms with Crippen LogP contribution in [0.3, 0.4) is 0 Å². The average molecular weight is 424 g/mol. The van der Waals surface area contributed by atoms with Crippen molar-refractivity contribution in [1.82, 2.24) is 5.32 Å². The Bertz CT molecular complexity index is 781. The molecule has 4 aliphatic rings. The van der Waals surface area contributed by atoms with Crippen LogP contribution in [0.15, 0.2) is 23.8 Å². The van der Waals surface area contributed by atoms with E-state index < -0.39 is 11.4 Å². The van der Waals surface area contributed by atoms with E-state index >= 15 is 0 Å². The summed E-state index contributed by atoms with van der Waals surface area (Å²) in [6.07, 6.45) is 6.85. The lowest BCUT2D eigenvalue weighted by Crippen LogP contribution is -2.60. The van der Waals surface area contributed by atoms with Gasteiger partial charge in [0.05, 0.1) is 24.3 Å². The summed E-state index contributed by atoms with van der Waals surface area (Å²) in [6, 6.07) is -0.385. The van der Waals surface area contributed by atoms with Crippen LogP contribution >= 0.6 is 0 Å². The van der Waals surface area contributed by atoms with Crippen LogP contribution in [0.2, 0.25) is 0 Å². The van der Waals surface area contributed by atoms with E-state index in [0.29, 0.717) is 30.9 Å². The monoisotopic (exact) mass is 423 g/mol. The molecule has 0 spiro atoms. The van der Waals surface area contributed by atoms with Gasteiger partial charge in [-0.3, -0.25) is 13.2 Å². The van der Waals surface area contributed by atoms with Crippen LogP contribution in [0.1, 0.15) is 46.0 Å². The lowest BCUT2D eigenvalue weighted by atomic mass is 9.46. The molecule has 2 heterocycles. The third kappa shape index (κ3) is 3.39. The molecule has 1 N–H and O–H groups in total. The Hall–Kier alpha value is -1.51. The first-order valence-corrected chi connectivity index (χ1v) is 11.3. The van der Waals surface area contributed by atoms with E-state index in [1.165, 1.54) is 5.57 Å². The maximum Gasteiger partial charge on any atom is 0.336 e. The molecule has 0 bridgehead atoms. The van der Waals surface area contributed by atoms with E-state index in [4.69, 9.17) is 13.1 Å². The molecule has 4 rings (SSSR count). The van der Waals surface area contributed by atoms with Gasteiger partial charge in [-0.25, -0.2) is 4.79 Å². The molecule has 2 saturated carbocycles. The molecule has 2 saturated heterocycles. The van der Waals surface area contributed by atoms with Gasteiger partial charge in [-0.15, -0.1) is 0 Å². The van der Waals surface area contributed by atoms with Crippen molar-refractivity contribution >= 4 is 23.7 Å². The lowest BCUT2D eigenvalue weighted by Gasteiger charge is -2.61. The van der Waals surface area contributed by atoms with E-state index in [9.17, 15) is 13.8 Å². The molecule has 2 aliphatic heterocycles. The summed E-state index contributed by atoms with van der Waals surface area (Å²) in [5, 5.41) is 2.66. The Balaban J connectivity index is 1.60. The van der Waals surface area contributed by atoms with Gasteiger partial charge >= 0.3 is 17.3 Å². The van der Waals surface area contributed by atoms with E-state index in [1.54, 1.807) is 0 Å². The first-order valence-electron chi connectivity index (χ1n) is 10.3. The van der Waals surface area contributed by atoms with Gasteiger partial charge in [0.2, 0.25) is 6.41 Å². The summed E-state index contributed by atoms with van der Waals surface area (Å²) in [5.74, 6) is 0.198. The number of nitrogens with one attached hydrogen (secondary N) is 1. The highest BCUT2D eigenvalue weighted by Gasteiger charge is 2.60. The van der Waals surface area contributed by atoms with Crippen molar-refractivity contribution in [1.29, 1.82) is 0 Å². The van der Waals surface area contributed by atoms with Gasteiger partial charge in [0.15, 0.2) is 0 Å². The summed E-state index contributed by atoms with van der Waals surface area (Å²) in [5.41, 5.74) is 1.52. The zero-order valence-electron chi connectivity index (χ0n) is 17.0. The van der Waals surface area contributed by atoms with Crippen LogP contribution < -0.4 is 5.32 Å². The average Bonchev–Trinajstić information content (AvgIpc) is 3.02. The third-order valence-corrected chi connectivity index (χ3v) is 8.51. The quantitative estimate of drug-likeness (QED) is 0.323. The molecular formula is C21H29NO6S.